The van der Waals surface area contributed by atoms with Crippen LogP contribution in [-0.2, 0) is 30.0 Å². The molecular formula is C51H52F6N2O6. The molecule has 3 saturated carbocycles. The number of nitrogens with zero attached hydrogens (tertiary/aromatic N) is 2. The Morgan fingerprint density at radius 3 is 1.12 bits per heavy atom. The molecule has 8 nitrogen and oxygen atoms in total. The molecule has 0 radical (unpaired) electrons. The van der Waals surface area contributed by atoms with Crippen LogP contribution in [-0.4, -0.2) is 46.4 Å². The Morgan fingerprint density at radius 2 is 0.800 bits per heavy atom. The zero-order valence-corrected chi connectivity index (χ0v) is 37.1. The zero-order chi connectivity index (χ0) is 47.0. The Morgan fingerprint density at radius 1 is 0.477 bits per heavy atom. The Hall–Kier alpha value is -5.66. The van der Waals surface area contributed by atoms with Crippen molar-refractivity contribution in [2.45, 2.75) is 109 Å². The van der Waals surface area contributed by atoms with E-state index in [2.05, 4.69) is 20.8 Å². The minimum Gasteiger partial charge on any atom is -0.457 e. The van der Waals surface area contributed by atoms with Gasteiger partial charge in [0.1, 0.15) is 23.0 Å². The van der Waals surface area contributed by atoms with Crippen molar-refractivity contribution < 1.29 is 55.0 Å². The molecule has 14 heteroatoms. The second-order valence-corrected chi connectivity index (χ2v) is 18.5. The molecule has 2 bridgehead atoms. The van der Waals surface area contributed by atoms with E-state index in [9.17, 15) is 19.2 Å². The van der Waals surface area contributed by atoms with Crippen molar-refractivity contribution in [2.24, 2.45) is 35.5 Å². The number of alkyl halides is 6. The molecule has 5 fully saturated rings. The van der Waals surface area contributed by atoms with E-state index in [0.717, 1.165) is 71.8 Å². The first-order chi connectivity index (χ1) is 30.7. The minimum atomic E-state index is -5.82. The Balaban J connectivity index is 0.991. The number of fused-ring (bicyclic) bond motifs is 1. The molecule has 5 aliphatic rings. The number of imide groups is 2. The molecule has 2 aliphatic heterocycles. The van der Waals surface area contributed by atoms with Gasteiger partial charge >= 0.3 is 12.4 Å². The monoisotopic (exact) mass is 902 g/mol. The minimum absolute atomic E-state index is 0.0564. The fraction of sp³-hybridized carbons (Fsp3) is 0.451. The van der Waals surface area contributed by atoms with Crippen LogP contribution in [0.4, 0.5) is 32.0 Å². The van der Waals surface area contributed by atoms with Crippen molar-refractivity contribution in [1.82, 2.24) is 4.90 Å². The van der Waals surface area contributed by atoms with Crippen LogP contribution >= 0.6 is 0 Å². The Labute approximate surface area is 374 Å². The van der Waals surface area contributed by atoms with Crippen LogP contribution in [0.5, 0.6) is 23.0 Å². The van der Waals surface area contributed by atoms with E-state index in [4.69, 9.17) is 9.47 Å². The van der Waals surface area contributed by atoms with E-state index in [-0.39, 0.29) is 40.2 Å². The Bertz CT molecular complexity index is 2400. The highest BCUT2D eigenvalue weighted by Gasteiger charge is 2.73. The SMILES string of the molecule is CCC(C)(CC)c1ccc(Oc2ccc(C(c3ccc(Oc4ccc(N5C(=O)C6C7CCC(C6C5=O)C5C(=O)N(C(C)(CC)CC)C(=O)C75)cc4)cc3)(C(F)(F)F)C(F)(F)F)cc2)cc1. The van der Waals surface area contributed by atoms with Gasteiger partial charge in [-0.25, -0.2) is 0 Å². The molecule has 4 aromatic carbocycles. The first-order valence-electron chi connectivity index (χ1n) is 22.4. The molecule has 9 rings (SSSR count). The van der Waals surface area contributed by atoms with Gasteiger partial charge in [0.05, 0.1) is 29.4 Å². The number of hydrogen-bond donors (Lipinski definition) is 0. The average molecular weight is 903 g/mol. The van der Waals surface area contributed by atoms with E-state index in [1.165, 1.54) is 29.2 Å². The predicted molar refractivity (Wildman–Crippen MR) is 230 cm³/mol. The summed E-state index contributed by atoms with van der Waals surface area (Å²) in [6.45, 7) is 12.1. The van der Waals surface area contributed by atoms with Crippen LogP contribution in [0.3, 0.4) is 0 Å². The summed E-state index contributed by atoms with van der Waals surface area (Å²) >= 11 is 0. The van der Waals surface area contributed by atoms with Gasteiger partial charge in [-0.05, 0) is 140 Å². The highest BCUT2D eigenvalue weighted by atomic mass is 19.4. The molecule has 2 saturated heterocycles. The number of likely N-dealkylation sites (tertiary alicyclic amines) is 1. The second-order valence-electron chi connectivity index (χ2n) is 18.5. The lowest BCUT2D eigenvalue weighted by atomic mass is 9.51. The molecule has 0 spiro atoms. The maximum atomic E-state index is 15.0. The van der Waals surface area contributed by atoms with E-state index >= 15 is 26.3 Å². The van der Waals surface area contributed by atoms with Gasteiger partial charge in [-0.2, -0.15) is 26.3 Å². The number of carbonyl (C=O) groups excluding carboxylic acids is 4. The third kappa shape index (κ3) is 7.11. The third-order valence-electron chi connectivity index (χ3n) is 15.6. The fourth-order valence-corrected chi connectivity index (χ4v) is 11.2. The van der Waals surface area contributed by atoms with Gasteiger partial charge < -0.3 is 9.47 Å². The summed E-state index contributed by atoms with van der Waals surface area (Å²) in [7, 11) is 0. The summed E-state index contributed by atoms with van der Waals surface area (Å²) in [5.74, 6) is -4.66. The van der Waals surface area contributed by atoms with Gasteiger partial charge in [0.15, 0.2) is 0 Å². The summed E-state index contributed by atoms with van der Waals surface area (Å²) in [5.41, 5.74) is -5.94. The van der Waals surface area contributed by atoms with Crippen LogP contribution in [0.15, 0.2) is 97.1 Å². The van der Waals surface area contributed by atoms with Crippen LogP contribution in [0.2, 0.25) is 0 Å². The zero-order valence-electron chi connectivity index (χ0n) is 37.1. The van der Waals surface area contributed by atoms with E-state index in [1.807, 2.05) is 32.9 Å². The van der Waals surface area contributed by atoms with Gasteiger partial charge in [-0.3, -0.25) is 29.0 Å². The molecule has 4 aromatic rings. The maximum Gasteiger partial charge on any atom is 0.411 e. The smallest absolute Gasteiger partial charge is 0.411 e. The van der Waals surface area contributed by atoms with Gasteiger partial charge in [0.25, 0.3) is 0 Å². The van der Waals surface area contributed by atoms with Gasteiger partial charge in [0.2, 0.25) is 29.0 Å². The highest BCUT2D eigenvalue weighted by Crippen LogP contribution is 2.62. The average Bonchev–Trinajstić information content (AvgIpc) is 3.73. The number of halogens is 6. The van der Waals surface area contributed by atoms with Gasteiger partial charge in [-0.15, -0.1) is 0 Å². The number of rotatable bonds is 13. The summed E-state index contributed by atoms with van der Waals surface area (Å²) in [5, 5.41) is 0. The number of benzene rings is 4. The lowest BCUT2D eigenvalue weighted by Gasteiger charge is -2.48. The molecular weight excluding hydrogens is 851 g/mol. The van der Waals surface area contributed by atoms with Crippen molar-refractivity contribution >= 4 is 29.3 Å². The molecule has 6 atom stereocenters. The first-order valence-corrected chi connectivity index (χ1v) is 22.4. The normalized spacial score (nSPS) is 23.6. The van der Waals surface area contributed by atoms with Crippen molar-refractivity contribution in [3.63, 3.8) is 0 Å². The fourth-order valence-electron chi connectivity index (χ4n) is 11.2. The lowest BCUT2D eigenvalue weighted by Crippen LogP contribution is -2.54. The molecule has 4 amide bonds. The van der Waals surface area contributed by atoms with Crippen LogP contribution in [0.1, 0.15) is 96.8 Å². The number of anilines is 1. The quantitative estimate of drug-likeness (QED) is 0.0980. The predicted octanol–water partition coefficient (Wildman–Crippen LogP) is 12.1. The van der Waals surface area contributed by atoms with Crippen LogP contribution < -0.4 is 14.4 Å². The van der Waals surface area contributed by atoms with E-state index in [1.54, 1.807) is 12.1 Å². The number of ether oxygens (including phenoxy) is 2. The molecule has 0 aromatic heterocycles. The summed E-state index contributed by atoms with van der Waals surface area (Å²) in [6, 6.07) is 20.2. The Kier molecular flexibility index (Phi) is 11.5. The number of carbonyl (C=O) groups is 4. The largest absolute Gasteiger partial charge is 0.457 e. The van der Waals surface area contributed by atoms with Crippen LogP contribution in [0.25, 0.3) is 0 Å². The molecule has 6 unspecified atom stereocenters. The van der Waals surface area contributed by atoms with Crippen molar-refractivity contribution in [3.8, 4) is 23.0 Å². The molecule has 2 heterocycles. The topological polar surface area (TPSA) is 93.2 Å². The number of hydrogen-bond acceptors (Lipinski definition) is 6. The molecule has 0 N–H and O–H groups in total. The summed E-state index contributed by atoms with van der Waals surface area (Å²) in [4.78, 5) is 58.5. The summed E-state index contributed by atoms with van der Waals surface area (Å²) in [6.07, 6.45) is -7.56. The van der Waals surface area contributed by atoms with Gasteiger partial charge in [-0.1, -0.05) is 71.0 Å². The van der Waals surface area contributed by atoms with Crippen molar-refractivity contribution in [2.75, 3.05) is 4.90 Å². The second kappa shape index (κ2) is 16.3. The standard InChI is InChI=1S/C51H52F6N2O6/c1-7-47(5,8-2)29-11-19-33(20-12-29)64-34-21-13-30(14-22-34)49(50(52,53)54,51(55,56)57)31-15-23-35(24-16-31)65-36-25-17-32(18-26-36)58-43(60)39-37-27-28-38(40(39)44(58)61)42-41(37)45(62)59(46(42)63)48(6,9-3)10-4/h11-26,37-42H,7-10,27-28H2,1-6H3. The van der Waals surface area contributed by atoms with Crippen molar-refractivity contribution in [1.29, 1.82) is 0 Å². The molecule has 65 heavy (non-hydrogen) atoms. The van der Waals surface area contributed by atoms with Crippen molar-refractivity contribution in [3.05, 3.63) is 114 Å². The third-order valence-corrected chi connectivity index (χ3v) is 15.6. The first kappa shape index (κ1) is 45.9. The van der Waals surface area contributed by atoms with Crippen LogP contribution in [0, 0.1) is 35.5 Å². The maximum absolute atomic E-state index is 15.0. The lowest BCUT2D eigenvalue weighted by molar-refractivity contribution is -0.288. The van der Waals surface area contributed by atoms with E-state index < -0.39 is 81.8 Å². The molecule has 3 aliphatic carbocycles. The summed E-state index contributed by atoms with van der Waals surface area (Å²) < 4.78 is 102. The van der Waals surface area contributed by atoms with Gasteiger partial charge in [0, 0.05) is 5.54 Å². The van der Waals surface area contributed by atoms with E-state index in [0.29, 0.717) is 31.4 Å². The molecule has 344 valence electrons. The highest BCUT2D eigenvalue weighted by molar-refractivity contribution is 6.23. The number of amides is 4.